The predicted octanol–water partition coefficient (Wildman–Crippen LogP) is 15.1. The first-order valence-corrected chi connectivity index (χ1v) is 24.2. The molecule has 0 spiro atoms. The third kappa shape index (κ3) is 6.87. The van der Waals surface area contributed by atoms with E-state index >= 15 is 0 Å². The second-order valence-electron chi connectivity index (χ2n) is 23.4. The van der Waals surface area contributed by atoms with Gasteiger partial charge in [-0.3, -0.25) is 0 Å². The van der Waals surface area contributed by atoms with E-state index in [-0.39, 0.29) is 28.4 Å². The molecular weight excluding hydrogens is 803 g/mol. The third-order valence-corrected chi connectivity index (χ3v) is 14.7. The minimum absolute atomic E-state index is 0.0231. The monoisotopic (exact) mass is 866 g/mol. The van der Waals surface area contributed by atoms with Crippen LogP contribution < -0.4 is 30.9 Å². The summed E-state index contributed by atoms with van der Waals surface area (Å²) in [5, 5.41) is 2.28. The summed E-state index contributed by atoms with van der Waals surface area (Å²) in [6, 6.07) is 48.6. The minimum atomic E-state index is -0.0934. The van der Waals surface area contributed by atoms with E-state index in [4.69, 9.17) is 9.15 Å². The maximum atomic E-state index is 7.49. The first kappa shape index (κ1) is 42.4. The topological polar surface area (TPSA) is 28.9 Å². The fraction of sp³-hybridized carbons (Fsp3) is 0.311. The van der Waals surface area contributed by atoms with Crippen LogP contribution in [-0.4, -0.2) is 6.71 Å². The highest BCUT2D eigenvalue weighted by molar-refractivity contribution is 6.99. The molecular formula is C61H63BN2O2. The van der Waals surface area contributed by atoms with Crippen molar-refractivity contribution < 1.29 is 9.15 Å². The zero-order chi connectivity index (χ0) is 46.2. The molecule has 0 amide bonds. The standard InChI is InChI=1S/C61H63BN2O2/c1-58(2,3)38-17-24-42(25-18-38)63(43-26-19-39(20-27-43)59(4,5)6)45-35-52-54-53(36-45)65-57-49(32-31-48-47-30-16-37-14-13-15-46(37)55(47)66-56(48)57)62(54)50-34-41(61(10,11)12)23-33-51(50)64(52)44-28-21-40(22-29-44)60(7,8)9/h16-36H,13-15H2,1-12H3. The summed E-state index contributed by atoms with van der Waals surface area (Å²) in [6.45, 7) is 27.4. The van der Waals surface area contributed by atoms with E-state index in [1.165, 1.54) is 55.4 Å². The molecule has 0 bridgehead atoms. The Hall–Kier alpha value is -6.20. The zero-order valence-electron chi connectivity index (χ0n) is 41.0. The van der Waals surface area contributed by atoms with Crippen molar-refractivity contribution >= 4 is 79.2 Å². The summed E-state index contributed by atoms with van der Waals surface area (Å²) in [6.07, 6.45) is 3.32. The van der Waals surface area contributed by atoms with Crippen LogP contribution >= 0.6 is 0 Å². The molecule has 3 aliphatic rings. The van der Waals surface area contributed by atoms with Gasteiger partial charge < -0.3 is 19.0 Å². The van der Waals surface area contributed by atoms with Crippen molar-refractivity contribution in [3.05, 3.63) is 161 Å². The molecule has 5 heteroatoms. The third-order valence-electron chi connectivity index (χ3n) is 14.7. The van der Waals surface area contributed by atoms with Crippen LogP contribution in [0.1, 0.15) is 123 Å². The largest absolute Gasteiger partial charge is 0.454 e. The van der Waals surface area contributed by atoms with Gasteiger partial charge in [-0.2, -0.15) is 0 Å². The van der Waals surface area contributed by atoms with Gasteiger partial charge in [0.25, 0.3) is 6.71 Å². The molecule has 7 aromatic carbocycles. The molecule has 66 heavy (non-hydrogen) atoms. The lowest BCUT2D eigenvalue weighted by atomic mass is 9.34. The van der Waals surface area contributed by atoms with Gasteiger partial charge >= 0.3 is 0 Å². The molecule has 0 atom stereocenters. The average Bonchev–Trinajstić information content (AvgIpc) is 3.91. The quantitative estimate of drug-likeness (QED) is 0.165. The maximum absolute atomic E-state index is 7.49. The summed E-state index contributed by atoms with van der Waals surface area (Å²) in [4.78, 5) is 4.90. The highest BCUT2D eigenvalue weighted by Gasteiger charge is 2.44. The van der Waals surface area contributed by atoms with Gasteiger partial charge in [0.15, 0.2) is 11.3 Å². The van der Waals surface area contributed by atoms with E-state index in [0.717, 1.165) is 81.2 Å². The van der Waals surface area contributed by atoms with Gasteiger partial charge in [0.05, 0.1) is 5.69 Å². The van der Waals surface area contributed by atoms with Gasteiger partial charge in [-0.05, 0) is 139 Å². The highest BCUT2D eigenvalue weighted by atomic mass is 16.5. The van der Waals surface area contributed by atoms with Gasteiger partial charge in [-0.25, -0.2) is 0 Å². The molecule has 1 aliphatic carbocycles. The Kier molecular flexibility index (Phi) is 9.42. The van der Waals surface area contributed by atoms with Crippen LogP contribution in [0.4, 0.5) is 34.1 Å². The van der Waals surface area contributed by atoms with Crippen molar-refractivity contribution in [2.75, 3.05) is 9.80 Å². The second kappa shape index (κ2) is 14.7. The van der Waals surface area contributed by atoms with Gasteiger partial charge in [0.1, 0.15) is 11.3 Å². The minimum Gasteiger partial charge on any atom is -0.454 e. The van der Waals surface area contributed by atoms with Gasteiger partial charge in [0.2, 0.25) is 0 Å². The summed E-state index contributed by atoms with van der Waals surface area (Å²) in [5.74, 6) is 1.67. The number of furan rings is 1. The van der Waals surface area contributed by atoms with Gasteiger partial charge in [0, 0.05) is 45.3 Å². The Morgan fingerprint density at radius 3 is 1.62 bits per heavy atom. The number of ether oxygens (including phenoxy) is 1. The molecule has 0 N–H and O–H groups in total. The Labute approximate surface area is 392 Å². The first-order valence-electron chi connectivity index (χ1n) is 24.2. The summed E-state index contributed by atoms with van der Waals surface area (Å²) >= 11 is 0. The molecule has 2 aliphatic heterocycles. The lowest BCUT2D eigenvalue weighted by Gasteiger charge is -2.41. The van der Waals surface area contributed by atoms with Crippen LogP contribution in [0.15, 0.2) is 132 Å². The van der Waals surface area contributed by atoms with Crippen molar-refractivity contribution in [1.82, 2.24) is 0 Å². The maximum Gasteiger partial charge on any atom is 0.256 e. The number of anilines is 6. The van der Waals surface area contributed by atoms with Crippen molar-refractivity contribution in [3.63, 3.8) is 0 Å². The number of benzene rings is 7. The van der Waals surface area contributed by atoms with Crippen molar-refractivity contribution in [1.29, 1.82) is 0 Å². The fourth-order valence-corrected chi connectivity index (χ4v) is 10.8. The van der Waals surface area contributed by atoms with Gasteiger partial charge in [-0.15, -0.1) is 0 Å². The Bertz CT molecular complexity index is 3160. The van der Waals surface area contributed by atoms with Crippen LogP contribution in [0.3, 0.4) is 0 Å². The Morgan fingerprint density at radius 1 is 0.485 bits per heavy atom. The number of hydrogen-bond donors (Lipinski definition) is 0. The second-order valence-corrected chi connectivity index (χ2v) is 23.4. The molecule has 3 heterocycles. The molecule has 0 radical (unpaired) electrons. The number of aryl methyl sites for hydroxylation is 2. The molecule has 0 unspecified atom stereocenters. The van der Waals surface area contributed by atoms with Crippen LogP contribution in [0.5, 0.6) is 11.5 Å². The summed E-state index contributed by atoms with van der Waals surface area (Å²) in [5.41, 5.74) is 20.1. The van der Waals surface area contributed by atoms with E-state index in [1.54, 1.807) is 0 Å². The average molecular weight is 867 g/mol. The zero-order valence-corrected chi connectivity index (χ0v) is 41.0. The fourth-order valence-electron chi connectivity index (χ4n) is 10.8. The Morgan fingerprint density at radius 2 is 1.03 bits per heavy atom. The molecule has 332 valence electrons. The number of fused-ring (bicyclic) bond motifs is 10. The molecule has 11 rings (SSSR count). The number of nitrogens with zero attached hydrogens (tertiary/aromatic N) is 2. The van der Waals surface area contributed by atoms with E-state index < -0.39 is 0 Å². The number of hydrogen-bond acceptors (Lipinski definition) is 4. The lowest BCUT2D eigenvalue weighted by molar-refractivity contribution is 0.481. The molecule has 0 saturated carbocycles. The van der Waals surface area contributed by atoms with Crippen molar-refractivity contribution in [2.45, 2.75) is 124 Å². The number of rotatable bonds is 4. The molecule has 0 saturated heterocycles. The predicted molar refractivity (Wildman–Crippen MR) is 281 cm³/mol. The molecule has 8 aromatic rings. The molecule has 0 fully saturated rings. The summed E-state index contributed by atoms with van der Waals surface area (Å²) in [7, 11) is 0. The SMILES string of the molecule is CC(C)(C)c1ccc(N(c2ccc(C(C)(C)C)cc2)c2cc3c4c(c2)N(c2ccc(C(C)(C)C)cc2)c2ccc(C(C)(C)C)cc2B4c2ccc4c(oc5c6c(ccc54)CCC6)c2O3)cc1. The normalized spacial score (nSPS) is 14.5. The molecule has 1 aromatic heterocycles. The van der Waals surface area contributed by atoms with E-state index in [1.807, 2.05) is 0 Å². The van der Waals surface area contributed by atoms with E-state index in [9.17, 15) is 0 Å². The van der Waals surface area contributed by atoms with Crippen LogP contribution in [0.25, 0.3) is 21.9 Å². The smallest absolute Gasteiger partial charge is 0.256 e. The Balaban J connectivity index is 1.21. The first-order chi connectivity index (χ1) is 31.2. The highest BCUT2D eigenvalue weighted by Crippen LogP contribution is 2.49. The van der Waals surface area contributed by atoms with Crippen LogP contribution in [0.2, 0.25) is 0 Å². The van der Waals surface area contributed by atoms with Gasteiger partial charge in [-0.1, -0.05) is 156 Å². The molecule has 4 nitrogen and oxygen atoms in total. The van der Waals surface area contributed by atoms with E-state index in [0.29, 0.717) is 0 Å². The van der Waals surface area contributed by atoms with Crippen molar-refractivity contribution in [3.8, 4) is 11.5 Å². The van der Waals surface area contributed by atoms with Crippen LogP contribution in [-0.2, 0) is 34.5 Å². The van der Waals surface area contributed by atoms with Crippen LogP contribution in [0, 0.1) is 0 Å². The summed E-state index contributed by atoms with van der Waals surface area (Å²) < 4.78 is 14.6. The van der Waals surface area contributed by atoms with E-state index in [2.05, 4.69) is 220 Å². The van der Waals surface area contributed by atoms with Crippen molar-refractivity contribution in [2.24, 2.45) is 0 Å². The lowest BCUT2D eigenvalue weighted by Crippen LogP contribution is -2.59.